The summed E-state index contributed by atoms with van der Waals surface area (Å²) in [6, 6.07) is 3.26. The number of aliphatic imine (C=N–C) groups is 1. The number of esters is 1. The monoisotopic (exact) mass is 320 g/mol. The number of ether oxygens (including phenoxy) is 1. The van der Waals surface area contributed by atoms with E-state index in [1.54, 1.807) is 19.1 Å². The van der Waals surface area contributed by atoms with Crippen LogP contribution in [0.3, 0.4) is 0 Å². The molecule has 1 aromatic heterocycles. The first-order valence-electron chi connectivity index (χ1n) is 6.93. The van der Waals surface area contributed by atoms with Gasteiger partial charge in [0.25, 0.3) is 0 Å². The summed E-state index contributed by atoms with van der Waals surface area (Å²) in [6.45, 7) is 6.20. The lowest BCUT2D eigenvalue weighted by Crippen LogP contribution is -2.20. The first-order chi connectivity index (χ1) is 11.0. The van der Waals surface area contributed by atoms with E-state index in [4.69, 9.17) is 4.84 Å². The highest BCUT2D eigenvalue weighted by Crippen LogP contribution is 2.17. The molecule has 0 aliphatic heterocycles. The lowest BCUT2D eigenvalue weighted by molar-refractivity contribution is -0.132. The molecule has 0 radical (unpaired) electrons. The van der Waals surface area contributed by atoms with Crippen LogP contribution >= 0.6 is 0 Å². The van der Waals surface area contributed by atoms with Crippen LogP contribution in [0.5, 0.6) is 5.75 Å². The molecule has 0 saturated carbocycles. The van der Waals surface area contributed by atoms with Crippen LogP contribution in [-0.2, 0) is 14.4 Å². The highest BCUT2D eigenvalue weighted by Gasteiger charge is 2.22. The summed E-state index contributed by atoms with van der Waals surface area (Å²) in [4.78, 5) is 30.2. The fourth-order valence-corrected chi connectivity index (χ4v) is 1.54. The molecule has 0 fully saturated rings. The fraction of sp³-hybridized carbons (Fsp3) is 0.400. The highest BCUT2D eigenvalue weighted by molar-refractivity contribution is 6.43. The lowest BCUT2D eigenvalue weighted by atomic mass is 10.2. The third kappa shape index (κ3) is 5.17. The molecule has 23 heavy (non-hydrogen) atoms. The van der Waals surface area contributed by atoms with Gasteiger partial charge >= 0.3 is 5.97 Å². The Bertz CT molecular complexity index is 638. The standard InChI is InChI=1S/C15H20N4O4/c1-6-16-10(2)11(3)18-23-12-8-7-9-17-13(12)14(19-22-5)15(20)21-4/h7-9H,6H2,1-5H3/b16-10?,18-11+,19-14-. The third-order valence-electron chi connectivity index (χ3n) is 2.76. The minimum atomic E-state index is -0.695. The van der Waals surface area contributed by atoms with Gasteiger partial charge in [-0.25, -0.2) is 4.79 Å². The van der Waals surface area contributed by atoms with Crippen molar-refractivity contribution in [1.29, 1.82) is 0 Å². The molecule has 0 amide bonds. The first-order valence-corrected chi connectivity index (χ1v) is 6.93. The lowest BCUT2D eigenvalue weighted by Gasteiger charge is -2.07. The fourth-order valence-electron chi connectivity index (χ4n) is 1.54. The zero-order valence-electron chi connectivity index (χ0n) is 13.9. The molecule has 0 N–H and O–H groups in total. The second-order valence-electron chi connectivity index (χ2n) is 4.29. The molecular weight excluding hydrogens is 300 g/mol. The molecule has 0 spiro atoms. The van der Waals surface area contributed by atoms with Crippen molar-refractivity contribution in [3.05, 3.63) is 24.0 Å². The molecule has 1 aromatic rings. The number of carbonyl (C=O) groups is 1. The minimum Gasteiger partial charge on any atom is -0.464 e. The van der Waals surface area contributed by atoms with Crippen LogP contribution < -0.4 is 4.84 Å². The van der Waals surface area contributed by atoms with Crippen molar-refractivity contribution in [1.82, 2.24) is 4.98 Å². The molecule has 8 heteroatoms. The molecule has 0 aliphatic carbocycles. The van der Waals surface area contributed by atoms with Gasteiger partial charge in [-0.05, 0) is 32.9 Å². The van der Waals surface area contributed by atoms with E-state index >= 15 is 0 Å². The van der Waals surface area contributed by atoms with Crippen LogP contribution in [0.1, 0.15) is 26.5 Å². The smallest absolute Gasteiger partial charge is 0.362 e. The quantitative estimate of drug-likeness (QED) is 0.434. The number of nitrogens with zero attached hydrogens (tertiary/aromatic N) is 4. The SMILES string of the molecule is CCN=C(C)/C(C)=N/Oc1cccnc1/C(=N/OC)C(=O)OC. The van der Waals surface area contributed by atoms with Gasteiger partial charge in [-0.1, -0.05) is 10.3 Å². The Morgan fingerprint density at radius 1 is 1.22 bits per heavy atom. The number of carbonyl (C=O) groups excluding carboxylic acids is 1. The molecule has 0 aromatic carbocycles. The second kappa shape index (κ2) is 9.29. The average Bonchev–Trinajstić information content (AvgIpc) is 2.57. The molecule has 8 nitrogen and oxygen atoms in total. The topological polar surface area (TPSA) is 94.7 Å². The summed E-state index contributed by atoms with van der Waals surface area (Å²) in [6.07, 6.45) is 1.50. The maximum Gasteiger partial charge on any atom is 0.362 e. The summed E-state index contributed by atoms with van der Waals surface area (Å²) in [5.41, 5.74) is 1.43. The molecule has 1 rings (SSSR count). The Hall–Kier alpha value is -2.77. The van der Waals surface area contributed by atoms with Crippen LogP contribution in [0.2, 0.25) is 0 Å². The van der Waals surface area contributed by atoms with E-state index in [9.17, 15) is 4.79 Å². The summed E-state index contributed by atoms with van der Waals surface area (Å²) >= 11 is 0. The summed E-state index contributed by atoms with van der Waals surface area (Å²) < 4.78 is 4.67. The number of rotatable bonds is 7. The van der Waals surface area contributed by atoms with E-state index in [1.165, 1.54) is 20.4 Å². The molecular formula is C15H20N4O4. The number of hydrogen-bond acceptors (Lipinski definition) is 8. The number of methoxy groups -OCH3 is 1. The van der Waals surface area contributed by atoms with Gasteiger partial charge in [0, 0.05) is 12.7 Å². The summed E-state index contributed by atoms with van der Waals surface area (Å²) in [7, 11) is 2.56. The van der Waals surface area contributed by atoms with Crippen LogP contribution in [0.15, 0.2) is 33.6 Å². The van der Waals surface area contributed by atoms with E-state index in [0.717, 1.165) is 5.71 Å². The Morgan fingerprint density at radius 2 is 1.96 bits per heavy atom. The van der Waals surface area contributed by atoms with E-state index in [-0.39, 0.29) is 17.2 Å². The normalized spacial score (nSPS) is 12.8. The highest BCUT2D eigenvalue weighted by atomic mass is 16.6. The van der Waals surface area contributed by atoms with Crippen LogP contribution in [0.25, 0.3) is 0 Å². The number of hydrogen-bond donors (Lipinski definition) is 0. The van der Waals surface area contributed by atoms with Gasteiger partial charge in [-0.15, -0.1) is 0 Å². The van der Waals surface area contributed by atoms with E-state index < -0.39 is 5.97 Å². The predicted molar refractivity (Wildman–Crippen MR) is 87.2 cm³/mol. The van der Waals surface area contributed by atoms with Crippen LogP contribution in [0.4, 0.5) is 0 Å². The Balaban J connectivity index is 3.15. The van der Waals surface area contributed by atoms with Gasteiger partial charge in [0.2, 0.25) is 5.71 Å². The van der Waals surface area contributed by atoms with E-state index in [2.05, 4.69) is 29.9 Å². The van der Waals surface area contributed by atoms with Crippen molar-refractivity contribution in [2.24, 2.45) is 15.3 Å². The molecule has 0 unspecified atom stereocenters. The van der Waals surface area contributed by atoms with Crippen molar-refractivity contribution in [2.75, 3.05) is 20.8 Å². The predicted octanol–water partition coefficient (Wildman–Crippen LogP) is 1.84. The second-order valence-corrected chi connectivity index (χ2v) is 4.29. The van der Waals surface area contributed by atoms with E-state index in [1.807, 2.05) is 13.8 Å². The number of pyridine rings is 1. The molecule has 124 valence electrons. The Morgan fingerprint density at radius 3 is 2.57 bits per heavy atom. The first kappa shape index (κ1) is 18.3. The van der Waals surface area contributed by atoms with Crippen LogP contribution in [0, 0.1) is 0 Å². The minimum absolute atomic E-state index is 0.114. The Kier molecular flexibility index (Phi) is 7.38. The molecule has 1 heterocycles. The maximum absolute atomic E-state index is 11.8. The average molecular weight is 320 g/mol. The molecule has 0 bridgehead atoms. The number of oxime groups is 2. The maximum atomic E-state index is 11.8. The number of aromatic nitrogens is 1. The van der Waals surface area contributed by atoms with Gasteiger partial charge < -0.3 is 14.4 Å². The van der Waals surface area contributed by atoms with Gasteiger partial charge in [0.15, 0.2) is 5.75 Å². The van der Waals surface area contributed by atoms with Crippen LogP contribution in [-0.4, -0.2) is 48.9 Å². The van der Waals surface area contributed by atoms with Crippen molar-refractivity contribution < 1.29 is 19.2 Å². The zero-order chi connectivity index (χ0) is 17.2. The van der Waals surface area contributed by atoms with Crippen molar-refractivity contribution in [3.8, 4) is 5.75 Å². The largest absolute Gasteiger partial charge is 0.464 e. The Labute approximate surface area is 134 Å². The van der Waals surface area contributed by atoms with Gasteiger partial charge in [0.1, 0.15) is 12.8 Å². The van der Waals surface area contributed by atoms with Gasteiger partial charge in [-0.3, -0.25) is 9.98 Å². The van der Waals surface area contributed by atoms with Crippen molar-refractivity contribution >= 4 is 23.1 Å². The van der Waals surface area contributed by atoms with Crippen molar-refractivity contribution in [3.63, 3.8) is 0 Å². The van der Waals surface area contributed by atoms with E-state index in [0.29, 0.717) is 12.3 Å². The zero-order valence-corrected chi connectivity index (χ0v) is 13.9. The van der Waals surface area contributed by atoms with Gasteiger partial charge in [0.05, 0.1) is 18.5 Å². The summed E-state index contributed by atoms with van der Waals surface area (Å²) in [5.74, 6) is -0.447. The summed E-state index contributed by atoms with van der Waals surface area (Å²) in [5, 5.41) is 7.64. The third-order valence-corrected chi connectivity index (χ3v) is 2.76. The van der Waals surface area contributed by atoms with Gasteiger partial charge in [-0.2, -0.15) is 0 Å². The molecule has 0 atom stereocenters. The molecule has 0 aliphatic rings. The molecule has 0 saturated heterocycles. The van der Waals surface area contributed by atoms with Crippen molar-refractivity contribution in [2.45, 2.75) is 20.8 Å².